The number of hydrogen-bond donors (Lipinski definition) is 0. The maximum atomic E-state index is 12.2. The van der Waals surface area contributed by atoms with E-state index in [2.05, 4.69) is 16.8 Å². The predicted octanol–water partition coefficient (Wildman–Crippen LogP) is 2.61. The normalized spacial score (nSPS) is 16.9. The Morgan fingerprint density at radius 1 is 1.43 bits per heavy atom. The Bertz CT molecular complexity index is 469. The molecule has 1 amide bonds. The van der Waals surface area contributed by atoms with Crippen LogP contribution in [0.4, 0.5) is 0 Å². The topological polar surface area (TPSA) is 36.4 Å². The Balaban J connectivity index is 1.77. The first-order chi connectivity index (χ1) is 10.1. The lowest BCUT2D eigenvalue weighted by molar-refractivity contribution is -0.130. The Morgan fingerprint density at radius 3 is 2.81 bits per heavy atom. The van der Waals surface area contributed by atoms with Crippen LogP contribution in [0.2, 0.25) is 0 Å². The second-order valence-electron chi connectivity index (χ2n) is 6.19. The lowest BCUT2D eigenvalue weighted by Crippen LogP contribution is -2.32. The van der Waals surface area contributed by atoms with E-state index in [4.69, 9.17) is 0 Å². The summed E-state index contributed by atoms with van der Waals surface area (Å²) >= 11 is 0. The van der Waals surface area contributed by atoms with Gasteiger partial charge in [-0.05, 0) is 63.9 Å². The van der Waals surface area contributed by atoms with E-state index in [-0.39, 0.29) is 5.91 Å². The minimum Gasteiger partial charge on any atom is -0.341 e. The molecule has 2 rings (SSSR count). The highest BCUT2D eigenvalue weighted by Gasteiger charge is 2.19. The van der Waals surface area contributed by atoms with Crippen molar-refractivity contribution in [2.24, 2.45) is 0 Å². The van der Waals surface area contributed by atoms with Crippen LogP contribution in [0.5, 0.6) is 0 Å². The summed E-state index contributed by atoms with van der Waals surface area (Å²) in [5.74, 6) is 0.232. The van der Waals surface area contributed by atoms with E-state index in [9.17, 15) is 4.79 Å². The average molecular weight is 289 g/mol. The molecule has 116 valence electrons. The second-order valence-corrected chi connectivity index (χ2v) is 6.19. The van der Waals surface area contributed by atoms with Gasteiger partial charge < -0.3 is 9.80 Å². The molecule has 2 heterocycles. The zero-order valence-electron chi connectivity index (χ0n) is 13.5. The predicted molar refractivity (Wildman–Crippen MR) is 85.0 cm³/mol. The largest absolute Gasteiger partial charge is 0.341 e. The van der Waals surface area contributed by atoms with Crippen molar-refractivity contribution < 1.29 is 4.79 Å². The Labute approximate surface area is 128 Å². The molecule has 1 fully saturated rings. The number of likely N-dealkylation sites (tertiary alicyclic amines) is 1. The Kier molecular flexibility index (Phi) is 5.74. The molecule has 0 aliphatic carbocycles. The first-order valence-electron chi connectivity index (χ1n) is 7.96. The maximum absolute atomic E-state index is 12.2. The van der Waals surface area contributed by atoms with Crippen LogP contribution in [0.15, 0.2) is 18.3 Å². The van der Waals surface area contributed by atoms with E-state index in [0.29, 0.717) is 19.0 Å². The summed E-state index contributed by atoms with van der Waals surface area (Å²) in [7, 11) is 1.89. The number of hydrogen-bond acceptors (Lipinski definition) is 3. The first kappa shape index (κ1) is 16.0. The third-order valence-corrected chi connectivity index (χ3v) is 4.35. The van der Waals surface area contributed by atoms with E-state index >= 15 is 0 Å². The second kappa shape index (κ2) is 7.55. The first-order valence-corrected chi connectivity index (χ1v) is 7.96. The summed E-state index contributed by atoms with van der Waals surface area (Å²) in [5.41, 5.74) is 2.14. The number of nitrogens with zero attached hydrogens (tertiary/aromatic N) is 3. The summed E-state index contributed by atoms with van der Waals surface area (Å²) < 4.78 is 0. The van der Waals surface area contributed by atoms with Gasteiger partial charge in [-0.1, -0.05) is 0 Å². The van der Waals surface area contributed by atoms with Gasteiger partial charge in [0.05, 0.1) is 0 Å². The number of pyridine rings is 1. The van der Waals surface area contributed by atoms with Crippen molar-refractivity contribution in [2.75, 3.05) is 20.1 Å². The van der Waals surface area contributed by atoms with Gasteiger partial charge in [0.15, 0.2) is 0 Å². The molecule has 4 nitrogen and oxygen atoms in total. The van der Waals surface area contributed by atoms with Gasteiger partial charge in [0.2, 0.25) is 5.91 Å². The van der Waals surface area contributed by atoms with Crippen LogP contribution in [-0.4, -0.2) is 46.9 Å². The SMILES string of the molecule is Cc1cc(CN(C)C(=O)CC[C@H](C)N2CCCC2)ccn1. The van der Waals surface area contributed by atoms with Crippen LogP contribution in [-0.2, 0) is 11.3 Å². The highest BCUT2D eigenvalue weighted by Crippen LogP contribution is 2.15. The number of aromatic nitrogens is 1. The summed E-state index contributed by atoms with van der Waals surface area (Å²) in [6.45, 7) is 7.27. The van der Waals surface area contributed by atoms with Crippen LogP contribution in [0, 0.1) is 6.92 Å². The molecule has 0 bridgehead atoms. The third-order valence-electron chi connectivity index (χ3n) is 4.35. The van der Waals surface area contributed by atoms with Crippen molar-refractivity contribution in [3.63, 3.8) is 0 Å². The molecule has 1 atom stereocenters. The van der Waals surface area contributed by atoms with Crippen molar-refractivity contribution in [2.45, 2.75) is 52.1 Å². The van der Waals surface area contributed by atoms with Crippen molar-refractivity contribution >= 4 is 5.91 Å². The van der Waals surface area contributed by atoms with Gasteiger partial charge in [-0.3, -0.25) is 9.78 Å². The van der Waals surface area contributed by atoms with Gasteiger partial charge in [-0.15, -0.1) is 0 Å². The lowest BCUT2D eigenvalue weighted by Gasteiger charge is -2.24. The van der Waals surface area contributed by atoms with Crippen LogP contribution >= 0.6 is 0 Å². The third kappa shape index (κ3) is 4.81. The van der Waals surface area contributed by atoms with Crippen LogP contribution < -0.4 is 0 Å². The van der Waals surface area contributed by atoms with Crippen LogP contribution in [0.1, 0.15) is 43.9 Å². The molecule has 1 aliphatic rings. The number of carbonyl (C=O) groups excluding carboxylic acids is 1. The molecule has 0 saturated carbocycles. The summed E-state index contributed by atoms with van der Waals surface area (Å²) in [4.78, 5) is 20.8. The standard InChI is InChI=1S/C17H27N3O/c1-14-12-16(8-9-18-14)13-19(3)17(21)7-6-15(2)20-10-4-5-11-20/h8-9,12,15H,4-7,10-11,13H2,1-3H3/t15-/m0/s1. The molecule has 0 radical (unpaired) electrons. The minimum atomic E-state index is 0.232. The molecule has 0 unspecified atom stereocenters. The van der Waals surface area contributed by atoms with Gasteiger partial charge in [-0.25, -0.2) is 0 Å². The lowest BCUT2D eigenvalue weighted by atomic mass is 10.1. The van der Waals surface area contributed by atoms with E-state index in [1.807, 2.05) is 31.0 Å². The summed E-state index contributed by atoms with van der Waals surface area (Å²) in [6, 6.07) is 4.54. The average Bonchev–Trinajstić information content (AvgIpc) is 2.98. The number of carbonyl (C=O) groups is 1. The maximum Gasteiger partial charge on any atom is 0.222 e. The van der Waals surface area contributed by atoms with Crippen molar-refractivity contribution in [1.29, 1.82) is 0 Å². The molecular formula is C17H27N3O. The molecule has 1 aromatic rings. The van der Waals surface area contributed by atoms with E-state index in [0.717, 1.165) is 17.7 Å². The number of amides is 1. The van der Waals surface area contributed by atoms with E-state index in [1.165, 1.54) is 25.9 Å². The van der Waals surface area contributed by atoms with Gasteiger partial charge in [0.1, 0.15) is 0 Å². The zero-order valence-corrected chi connectivity index (χ0v) is 13.5. The van der Waals surface area contributed by atoms with E-state index in [1.54, 1.807) is 6.20 Å². The molecule has 0 aromatic carbocycles. The van der Waals surface area contributed by atoms with Gasteiger partial charge in [0.25, 0.3) is 0 Å². The van der Waals surface area contributed by atoms with E-state index < -0.39 is 0 Å². The molecule has 21 heavy (non-hydrogen) atoms. The smallest absolute Gasteiger partial charge is 0.222 e. The fourth-order valence-electron chi connectivity index (χ4n) is 2.95. The fourth-order valence-corrected chi connectivity index (χ4v) is 2.95. The van der Waals surface area contributed by atoms with Crippen molar-refractivity contribution in [3.05, 3.63) is 29.6 Å². The van der Waals surface area contributed by atoms with Crippen molar-refractivity contribution in [3.8, 4) is 0 Å². The van der Waals surface area contributed by atoms with Gasteiger partial charge >= 0.3 is 0 Å². The van der Waals surface area contributed by atoms with Crippen LogP contribution in [0.25, 0.3) is 0 Å². The quantitative estimate of drug-likeness (QED) is 0.807. The number of rotatable bonds is 6. The Morgan fingerprint density at radius 2 is 2.14 bits per heavy atom. The molecule has 0 N–H and O–H groups in total. The van der Waals surface area contributed by atoms with Crippen molar-refractivity contribution in [1.82, 2.24) is 14.8 Å². The fraction of sp³-hybridized carbons (Fsp3) is 0.647. The Hall–Kier alpha value is -1.42. The highest BCUT2D eigenvalue weighted by molar-refractivity contribution is 5.75. The number of aryl methyl sites for hydroxylation is 1. The summed E-state index contributed by atoms with van der Waals surface area (Å²) in [6.07, 6.45) is 6.01. The zero-order chi connectivity index (χ0) is 15.2. The molecule has 1 saturated heterocycles. The summed E-state index contributed by atoms with van der Waals surface area (Å²) in [5, 5.41) is 0. The minimum absolute atomic E-state index is 0.232. The molecule has 0 spiro atoms. The van der Waals surface area contributed by atoms with Gasteiger partial charge in [0, 0.05) is 37.9 Å². The molecular weight excluding hydrogens is 262 g/mol. The highest BCUT2D eigenvalue weighted by atomic mass is 16.2. The van der Waals surface area contributed by atoms with Crippen LogP contribution in [0.3, 0.4) is 0 Å². The molecule has 1 aromatic heterocycles. The van der Waals surface area contributed by atoms with Gasteiger partial charge in [-0.2, -0.15) is 0 Å². The molecule has 1 aliphatic heterocycles. The monoisotopic (exact) mass is 289 g/mol. The molecule has 4 heteroatoms.